The van der Waals surface area contributed by atoms with Crippen LogP contribution < -0.4 is 0 Å². The first-order valence-electron chi connectivity index (χ1n) is 9.22. The SMILES string of the molecule is Cn1nc(CN(Cc2ccco2)C(=O)C2CC=CCC2)c2c1CCC2. The summed E-state index contributed by atoms with van der Waals surface area (Å²) in [7, 11) is 2.01. The quantitative estimate of drug-likeness (QED) is 0.785. The summed E-state index contributed by atoms with van der Waals surface area (Å²) in [5.41, 5.74) is 3.74. The van der Waals surface area contributed by atoms with Crippen LogP contribution in [0.2, 0.25) is 0 Å². The lowest BCUT2D eigenvalue weighted by Crippen LogP contribution is -2.36. The maximum absolute atomic E-state index is 13.2. The lowest BCUT2D eigenvalue weighted by molar-refractivity contribution is -0.137. The van der Waals surface area contributed by atoms with Gasteiger partial charge in [-0.1, -0.05) is 12.2 Å². The van der Waals surface area contributed by atoms with Gasteiger partial charge in [0.2, 0.25) is 5.91 Å². The number of amides is 1. The highest BCUT2D eigenvalue weighted by Crippen LogP contribution is 2.28. The van der Waals surface area contributed by atoms with E-state index in [-0.39, 0.29) is 11.8 Å². The lowest BCUT2D eigenvalue weighted by atomic mass is 9.93. The molecule has 25 heavy (non-hydrogen) atoms. The van der Waals surface area contributed by atoms with Crippen LogP contribution in [0.4, 0.5) is 0 Å². The van der Waals surface area contributed by atoms with Crippen molar-refractivity contribution in [3.05, 3.63) is 53.3 Å². The summed E-state index contributed by atoms with van der Waals surface area (Å²) in [5, 5.41) is 4.71. The lowest BCUT2D eigenvalue weighted by Gasteiger charge is -2.27. The van der Waals surface area contributed by atoms with Gasteiger partial charge in [0.25, 0.3) is 0 Å². The summed E-state index contributed by atoms with van der Waals surface area (Å²) in [6, 6.07) is 3.81. The van der Waals surface area contributed by atoms with Gasteiger partial charge in [0.05, 0.1) is 25.0 Å². The predicted octanol–water partition coefficient (Wildman–Crippen LogP) is 3.39. The Labute approximate surface area is 148 Å². The van der Waals surface area contributed by atoms with Crippen LogP contribution in [0.25, 0.3) is 0 Å². The molecule has 0 saturated heterocycles. The first kappa shape index (κ1) is 16.2. The third kappa shape index (κ3) is 3.28. The third-order valence-corrected chi connectivity index (χ3v) is 5.40. The average Bonchev–Trinajstić information content (AvgIpc) is 3.36. The molecule has 5 nitrogen and oxygen atoms in total. The van der Waals surface area contributed by atoms with E-state index in [4.69, 9.17) is 9.52 Å². The van der Waals surface area contributed by atoms with Crippen LogP contribution in [0.15, 0.2) is 35.0 Å². The van der Waals surface area contributed by atoms with Crippen LogP contribution in [0.1, 0.15) is 48.4 Å². The molecule has 0 aromatic carbocycles. The molecule has 2 heterocycles. The van der Waals surface area contributed by atoms with Crippen LogP contribution in [0, 0.1) is 5.92 Å². The van der Waals surface area contributed by atoms with Gasteiger partial charge in [-0.25, -0.2) is 0 Å². The van der Waals surface area contributed by atoms with E-state index in [2.05, 4.69) is 12.2 Å². The predicted molar refractivity (Wildman–Crippen MR) is 94.7 cm³/mol. The maximum atomic E-state index is 13.2. The molecule has 4 rings (SSSR count). The zero-order chi connectivity index (χ0) is 17.2. The summed E-state index contributed by atoms with van der Waals surface area (Å²) >= 11 is 0. The highest BCUT2D eigenvalue weighted by Gasteiger charge is 2.28. The highest BCUT2D eigenvalue weighted by atomic mass is 16.3. The molecule has 0 bridgehead atoms. The van der Waals surface area contributed by atoms with Gasteiger partial charge >= 0.3 is 0 Å². The van der Waals surface area contributed by atoms with Crippen molar-refractivity contribution in [1.82, 2.24) is 14.7 Å². The number of hydrogen-bond donors (Lipinski definition) is 0. The number of carbonyl (C=O) groups excluding carboxylic acids is 1. The van der Waals surface area contributed by atoms with E-state index in [1.807, 2.05) is 28.8 Å². The van der Waals surface area contributed by atoms with Crippen LogP contribution in [0.5, 0.6) is 0 Å². The molecule has 2 aromatic heterocycles. The van der Waals surface area contributed by atoms with E-state index < -0.39 is 0 Å². The van der Waals surface area contributed by atoms with Crippen LogP contribution in [-0.4, -0.2) is 20.6 Å². The van der Waals surface area contributed by atoms with Crippen molar-refractivity contribution in [2.24, 2.45) is 13.0 Å². The second kappa shape index (κ2) is 6.90. The third-order valence-electron chi connectivity index (χ3n) is 5.40. The highest BCUT2D eigenvalue weighted by molar-refractivity contribution is 5.79. The van der Waals surface area contributed by atoms with Gasteiger partial charge in [-0.3, -0.25) is 9.48 Å². The number of allylic oxidation sites excluding steroid dienone is 2. The Bertz CT molecular complexity index is 773. The van der Waals surface area contributed by atoms with E-state index in [0.717, 1.165) is 43.6 Å². The van der Waals surface area contributed by atoms with Crippen molar-refractivity contribution in [3.8, 4) is 0 Å². The van der Waals surface area contributed by atoms with Gasteiger partial charge in [-0.05, 0) is 56.2 Å². The Kier molecular flexibility index (Phi) is 4.47. The molecule has 1 atom stereocenters. The fourth-order valence-corrected chi connectivity index (χ4v) is 4.08. The fourth-order valence-electron chi connectivity index (χ4n) is 4.08. The molecule has 0 radical (unpaired) electrons. The van der Waals surface area contributed by atoms with Gasteiger partial charge < -0.3 is 9.32 Å². The van der Waals surface area contributed by atoms with E-state index in [0.29, 0.717) is 13.1 Å². The monoisotopic (exact) mass is 339 g/mol. The van der Waals surface area contributed by atoms with Crippen LogP contribution in [0.3, 0.4) is 0 Å². The molecule has 0 aliphatic heterocycles. The van der Waals surface area contributed by atoms with Crippen molar-refractivity contribution in [2.75, 3.05) is 0 Å². The Morgan fingerprint density at radius 2 is 2.28 bits per heavy atom. The standard InChI is InChI=1S/C20H25N3O2/c1-22-19-11-5-10-17(19)18(21-22)14-23(13-16-9-6-12-25-16)20(24)15-7-3-2-4-8-15/h2-3,6,9,12,15H,4-5,7-8,10-11,13-14H2,1H3. The van der Waals surface area contributed by atoms with E-state index in [1.54, 1.807) is 6.26 Å². The number of carbonyl (C=O) groups is 1. The van der Waals surface area contributed by atoms with E-state index >= 15 is 0 Å². The van der Waals surface area contributed by atoms with Gasteiger partial charge in [0.1, 0.15) is 5.76 Å². The summed E-state index contributed by atoms with van der Waals surface area (Å²) in [5.74, 6) is 1.13. The number of furan rings is 1. The van der Waals surface area contributed by atoms with Gasteiger partial charge in [0.15, 0.2) is 0 Å². The molecule has 1 unspecified atom stereocenters. The molecule has 132 valence electrons. The zero-order valence-electron chi connectivity index (χ0n) is 14.8. The van der Waals surface area contributed by atoms with Crippen LogP contribution in [-0.2, 0) is 37.8 Å². The second-order valence-corrected chi connectivity index (χ2v) is 7.10. The Balaban J connectivity index is 1.57. The van der Waals surface area contributed by atoms with E-state index in [1.165, 1.54) is 17.7 Å². The van der Waals surface area contributed by atoms with E-state index in [9.17, 15) is 4.79 Å². The fraction of sp³-hybridized carbons (Fsp3) is 0.500. The van der Waals surface area contributed by atoms with Crippen molar-refractivity contribution in [3.63, 3.8) is 0 Å². The molecule has 0 saturated carbocycles. The first-order chi connectivity index (χ1) is 12.2. The van der Waals surface area contributed by atoms with Gasteiger partial charge in [0, 0.05) is 18.7 Å². The second-order valence-electron chi connectivity index (χ2n) is 7.10. The summed E-state index contributed by atoms with van der Waals surface area (Å²) in [6.45, 7) is 1.08. The Hall–Kier alpha value is -2.30. The van der Waals surface area contributed by atoms with Crippen molar-refractivity contribution >= 4 is 5.91 Å². The average molecular weight is 339 g/mol. The topological polar surface area (TPSA) is 51.3 Å². The molecule has 5 heteroatoms. The zero-order valence-corrected chi connectivity index (χ0v) is 14.8. The molecule has 2 aromatic rings. The minimum atomic E-state index is 0.0803. The molecule has 0 N–H and O–H groups in total. The number of hydrogen-bond acceptors (Lipinski definition) is 3. The molecular weight excluding hydrogens is 314 g/mol. The normalized spacial score (nSPS) is 19.2. The largest absolute Gasteiger partial charge is 0.467 e. The molecule has 2 aliphatic carbocycles. The molecule has 0 spiro atoms. The van der Waals surface area contributed by atoms with Gasteiger partial charge in [-0.15, -0.1) is 0 Å². The molecule has 1 amide bonds. The molecule has 0 fully saturated rings. The summed E-state index contributed by atoms with van der Waals surface area (Å²) < 4.78 is 7.50. The number of aromatic nitrogens is 2. The van der Waals surface area contributed by atoms with Crippen LogP contribution >= 0.6 is 0 Å². The summed E-state index contributed by atoms with van der Waals surface area (Å²) in [6.07, 6.45) is 12.1. The first-order valence-corrected chi connectivity index (χ1v) is 9.22. The molecule has 2 aliphatic rings. The Morgan fingerprint density at radius 1 is 1.36 bits per heavy atom. The van der Waals surface area contributed by atoms with Crippen molar-refractivity contribution < 1.29 is 9.21 Å². The Morgan fingerprint density at radius 3 is 3.04 bits per heavy atom. The number of rotatable bonds is 5. The number of aryl methyl sites for hydroxylation is 1. The van der Waals surface area contributed by atoms with Crippen molar-refractivity contribution in [2.45, 2.75) is 51.6 Å². The van der Waals surface area contributed by atoms with Crippen molar-refractivity contribution in [1.29, 1.82) is 0 Å². The smallest absolute Gasteiger partial charge is 0.226 e. The number of fused-ring (bicyclic) bond motifs is 1. The maximum Gasteiger partial charge on any atom is 0.226 e. The summed E-state index contributed by atoms with van der Waals surface area (Å²) in [4.78, 5) is 15.1. The van der Waals surface area contributed by atoms with Gasteiger partial charge in [-0.2, -0.15) is 5.10 Å². The molecular formula is C20H25N3O2. The minimum Gasteiger partial charge on any atom is -0.467 e. The minimum absolute atomic E-state index is 0.0803. The number of nitrogens with zero attached hydrogens (tertiary/aromatic N) is 3.